The summed E-state index contributed by atoms with van der Waals surface area (Å²) >= 11 is 0. The maximum absolute atomic E-state index is 5.99. The van der Waals surface area contributed by atoms with Gasteiger partial charge < -0.3 is 14.8 Å². The van der Waals surface area contributed by atoms with Crippen molar-refractivity contribution in [1.82, 2.24) is 10.2 Å². The average Bonchev–Trinajstić information content (AvgIpc) is 2.41. The second-order valence-electron chi connectivity index (χ2n) is 6.13. The van der Waals surface area contributed by atoms with Crippen molar-refractivity contribution in [1.29, 1.82) is 0 Å². The quantitative estimate of drug-likeness (QED) is 0.874. The Labute approximate surface area is 128 Å². The van der Waals surface area contributed by atoms with Crippen molar-refractivity contribution in [3.63, 3.8) is 0 Å². The molecular weight excluding hydrogens is 264 g/mol. The monoisotopic (exact) mass is 292 g/mol. The van der Waals surface area contributed by atoms with E-state index in [0.29, 0.717) is 0 Å². The summed E-state index contributed by atoms with van der Waals surface area (Å²) in [6.07, 6.45) is 0.344. The molecule has 0 radical (unpaired) electrons. The number of rotatable bonds is 6. The Morgan fingerprint density at radius 2 is 1.71 bits per heavy atom. The Hall–Kier alpha value is -1.26. The Balaban J connectivity index is 2.13. The highest BCUT2D eigenvalue weighted by atomic mass is 16.5. The van der Waals surface area contributed by atoms with Gasteiger partial charge in [-0.2, -0.15) is 0 Å². The molecule has 1 aliphatic rings. The fourth-order valence-corrected chi connectivity index (χ4v) is 2.48. The number of piperazine rings is 1. The zero-order valence-corrected chi connectivity index (χ0v) is 13.7. The zero-order valence-electron chi connectivity index (χ0n) is 13.7. The molecule has 0 unspecified atom stereocenters. The number of hydrogen-bond acceptors (Lipinski definition) is 4. The van der Waals surface area contributed by atoms with E-state index in [0.717, 1.165) is 44.2 Å². The minimum atomic E-state index is 0.168. The van der Waals surface area contributed by atoms with Crippen molar-refractivity contribution in [3.05, 3.63) is 23.8 Å². The van der Waals surface area contributed by atoms with Gasteiger partial charge in [0.15, 0.2) is 0 Å². The zero-order chi connectivity index (χ0) is 15.2. The van der Waals surface area contributed by atoms with Crippen LogP contribution >= 0.6 is 0 Å². The fourth-order valence-electron chi connectivity index (χ4n) is 2.48. The van der Waals surface area contributed by atoms with E-state index < -0.39 is 0 Å². The predicted molar refractivity (Wildman–Crippen MR) is 86.1 cm³/mol. The summed E-state index contributed by atoms with van der Waals surface area (Å²) in [5.74, 6) is 1.83. The molecular formula is C17H28N2O2. The largest absolute Gasteiger partial charge is 0.491 e. The molecule has 0 saturated carbocycles. The summed E-state index contributed by atoms with van der Waals surface area (Å²) in [6, 6.07) is 6.21. The molecule has 21 heavy (non-hydrogen) atoms. The van der Waals surface area contributed by atoms with Crippen LogP contribution in [-0.4, -0.2) is 43.3 Å². The van der Waals surface area contributed by atoms with E-state index in [1.807, 2.05) is 26.0 Å². The highest BCUT2D eigenvalue weighted by Crippen LogP contribution is 2.28. The molecule has 4 heteroatoms. The number of hydrogen-bond donors (Lipinski definition) is 1. The SMILES string of the molecule is CC(C)Oc1ccc(CN2CCNCC2)c(OC(C)C)c1. The first-order chi connectivity index (χ1) is 10.0. The van der Waals surface area contributed by atoms with Gasteiger partial charge in [-0.15, -0.1) is 0 Å². The van der Waals surface area contributed by atoms with Gasteiger partial charge >= 0.3 is 0 Å². The van der Waals surface area contributed by atoms with Crippen LogP contribution in [0.1, 0.15) is 33.3 Å². The number of nitrogens with zero attached hydrogens (tertiary/aromatic N) is 1. The van der Waals surface area contributed by atoms with Crippen LogP contribution in [0.5, 0.6) is 11.5 Å². The molecule has 0 amide bonds. The van der Waals surface area contributed by atoms with Crippen molar-refractivity contribution >= 4 is 0 Å². The summed E-state index contributed by atoms with van der Waals surface area (Å²) in [5.41, 5.74) is 1.24. The van der Waals surface area contributed by atoms with Crippen LogP contribution in [0.15, 0.2) is 18.2 Å². The van der Waals surface area contributed by atoms with E-state index in [4.69, 9.17) is 9.47 Å². The predicted octanol–water partition coefficient (Wildman–Crippen LogP) is 2.67. The van der Waals surface area contributed by atoms with Crippen LogP contribution in [-0.2, 0) is 6.54 Å². The molecule has 0 aliphatic carbocycles. The second-order valence-corrected chi connectivity index (χ2v) is 6.13. The highest BCUT2D eigenvalue weighted by Gasteiger charge is 2.14. The van der Waals surface area contributed by atoms with Gasteiger partial charge in [0.05, 0.1) is 12.2 Å². The third kappa shape index (κ3) is 5.21. The first kappa shape index (κ1) is 16.1. The lowest BCUT2D eigenvalue weighted by molar-refractivity contribution is 0.210. The van der Waals surface area contributed by atoms with E-state index in [9.17, 15) is 0 Å². The molecule has 1 aromatic carbocycles. The minimum absolute atomic E-state index is 0.168. The van der Waals surface area contributed by atoms with Crippen molar-refractivity contribution < 1.29 is 9.47 Å². The van der Waals surface area contributed by atoms with Crippen LogP contribution in [0.3, 0.4) is 0 Å². The van der Waals surface area contributed by atoms with Gasteiger partial charge in [-0.25, -0.2) is 0 Å². The summed E-state index contributed by atoms with van der Waals surface area (Å²) in [7, 11) is 0. The molecule has 118 valence electrons. The van der Waals surface area contributed by atoms with Gasteiger partial charge in [-0.1, -0.05) is 6.07 Å². The lowest BCUT2D eigenvalue weighted by atomic mass is 10.1. The van der Waals surface area contributed by atoms with E-state index in [-0.39, 0.29) is 12.2 Å². The molecule has 4 nitrogen and oxygen atoms in total. The first-order valence-corrected chi connectivity index (χ1v) is 7.94. The van der Waals surface area contributed by atoms with Crippen LogP contribution in [0.4, 0.5) is 0 Å². The van der Waals surface area contributed by atoms with E-state index >= 15 is 0 Å². The summed E-state index contributed by atoms with van der Waals surface area (Å²) in [6.45, 7) is 13.4. The lowest BCUT2D eigenvalue weighted by Gasteiger charge is -2.28. The molecule has 0 aromatic heterocycles. The first-order valence-electron chi connectivity index (χ1n) is 7.94. The second kappa shape index (κ2) is 7.66. The summed E-state index contributed by atoms with van der Waals surface area (Å²) in [5, 5.41) is 3.39. The van der Waals surface area contributed by atoms with E-state index in [2.05, 4.69) is 30.1 Å². The Morgan fingerprint density at radius 1 is 1.05 bits per heavy atom. The number of nitrogens with one attached hydrogen (secondary N) is 1. The van der Waals surface area contributed by atoms with Gasteiger partial charge in [-0.05, 0) is 33.8 Å². The molecule has 2 rings (SSSR count). The molecule has 1 saturated heterocycles. The van der Waals surface area contributed by atoms with Crippen LogP contribution < -0.4 is 14.8 Å². The van der Waals surface area contributed by atoms with Crippen LogP contribution in [0.25, 0.3) is 0 Å². The number of benzene rings is 1. The third-order valence-electron chi connectivity index (χ3n) is 3.38. The molecule has 1 fully saturated rings. The summed E-state index contributed by atoms with van der Waals surface area (Å²) < 4.78 is 11.8. The van der Waals surface area contributed by atoms with E-state index in [1.165, 1.54) is 5.56 Å². The van der Waals surface area contributed by atoms with Crippen LogP contribution in [0, 0.1) is 0 Å². The van der Waals surface area contributed by atoms with Gasteiger partial charge in [0.2, 0.25) is 0 Å². The maximum Gasteiger partial charge on any atom is 0.127 e. The van der Waals surface area contributed by atoms with Crippen molar-refractivity contribution in [2.45, 2.75) is 46.4 Å². The Kier molecular flexibility index (Phi) is 5.88. The topological polar surface area (TPSA) is 33.7 Å². The Bertz CT molecular complexity index is 440. The highest BCUT2D eigenvalue weighted by molar-refractivity contribution is 5.41. The normalized spacial score (nSPS) is 16.5. The van der Waals surface area contributed by atoms with Crippen molar-refractivity contribution in [2.75, 3.05) is 26.2 Å². The molecule has 0 atom stereocenters. The summed E-state index contributed by atoms with van der Waals surface area (Å²) in [4.78, 5) is 2.46. The standard InChI is InChI=1S/C17H28N2O2/c1-13(2)20-16-6-5-15(17(11-16)21-14(3)4)12-19-9-7-18-8-10-19/h5-6,11,13-14,18H,7-10,12H2,1-4H3. The third-order valence-corrected chi connectivity index (χ3v) is 3.38. The smallest absolute Gasteiger partial charge is 0.127 e. The van der Waals surface area contributed by atoms with Gasteiger partial charge in [-0.3, -0.25) is 4.90 Å². The Morgan fingerprint density at radius 3 is 2.33 bits per heavy atom. The molecule has 1 aliphatic heterocycles. The molecule has 1 heterocycles. The van der Waals surface area contributed by atoms with Gasteiger partial charge in [0, 0.05) is 44.4 Å². The molecule has 0 spiro atoms. The average molecular weight is 292 g/mol. The molecule has 1 N–H and O–H groups in total. The molecule has 0 bridgehead atoms. The van der Waals surface area contributed by atoms with E-state index in [1.54, 1.807) is 0 Å². The van der Waals surface area contributed by atoms with Crippen molar-refractivity contribution in [2.24, 2.45) is 0 Å². The van der Waals surface area contributed by atoms with Crippen LogP contribution in [0.2, 0.25) is 0 Å². The number of ether oxygens (including phenoxy) is 2. The lowest BCUT2D eigenvalue weighted by Crippen LogP contribution is -2.42. The molecule has 1 aromatic rings. The fraction of sp³-hybridized carbons (Fsp3) is 0.647. The van der Waals surface area contributed by atoms with Crippen molar-refractivity contribution in [3.8, 4) is 11.5 Å². The maximum atomic E-state index is 5.99. The minimum Gasteiger partial charge on any atom is -0.491 e. The van der Waals surface area contributed by atoms with Gasteiger partial charge in [0.25, 0.3) is 0 Å². The van der Waals surface area contributed by atoms with Gasteiger partial charge in [0.1, 0.15) is 11.5 Å².